The van der Waals surface area contributed by atoms with E-state index in [9.17, 15) is 4.79 Å². The van der Waals surface area contributed by atoms with Gasteiger partial charge in [-0.25, -0.2) is 0 Å². The molecule has 1 heterocycles. The number of halogens is 1. The summed E-state index contributed by atoms with van der Waals surface area (Å²) < 4.78 is 0.975. The van der Waals surface area contributed by atoms with Crippen LogP contribution in [0.2, 0.25) is 0 Å². The highest BCUT2D eigenvalue weighted by Crippen LogP contribution is 2.21. The van der Waals surface area contributed by atoms with Crippen LogP contribution in [0.3, 0.4) is 0 Å². The summed E-state index contributed by atoms with van der Waals surface area (Å²) in [6.07, 6.45) is 1.74. The Labute approximate surface area is 131 Å². The Balaban J connectivity index is 1.87. The van der Waals surface area contributed by atoms with Crippen LogP contribution in [0, 0.1) is 6.92 Å². The standard InChI is InChI=1S/C17H13BrN2O/c1-11-4-6-14(10-15(11)18)20-17(21)13-5-7-16-12(9-13)3-2-8-19-16/h2-10H,1H3,(H,20,21). The summed E-state index contributed by atoms with van der Waals surface area (Å²) >= 11 is 3.47. The van der Waals surface area contributed by atoms with Crippen LogP contribution in [0.5, 0.6) is 0 Å². The van der Waals surface area contributed by atoms with Gasteiger partial charge in [0.05, 0.1) is 5.52 Å². The quantitative estimate of drug-likeness (QED) is 0.743. The molecule has 0 fully saturated rings. The summed E-state index contributed by atoms with van der Waals surface area (Å²) in [5, 5.41) is 3.86. The van der Waals surface area contributed by atoms with Crippen LogP contribution >= 0.6 is 15.9 Å². The lowest BCUT2D eigenvalue weighted by atomic mass is 10.1. The van der Waals surface area contributed by atoms with E-state index in [1.807, 2.05) is 49.4 Å². The van der Waals surface area contributed by atoms with Crippen LogP contribution in [-0.4, -0.2) is 10.9 Å². The molecule has 0 unspecified atom stereocenters. The second-order valence-electron chi connectivity index (χ2n) is 4.83. The molecule has 104 valence electrons. The summed E-state index contributed by atoms with van der Waals surface area (Å²) in [7, 11) is 0. The van der Waals surface area contributed by atoms with Gasteiger partial charge in [-0.3, -0.25) is 9.78 Å². The molecule has 3 nitrogen and oxygen atoms in total. The predicted octanol–water partition coefficient (Wildman–Crippen LogP) is 4.56. The van der Waals surface area contributed by atoms with E-state index in [1.54, 1.807) is 12.3 Å². The van der Waals surface area contributed by atoms with E-state index in [0.29, 0.717) is 5.56 Å². The molecular formula is C17H13BrN2O. The van der Waals surface area contributed by atoms with E-state index in [1.165, 1.54) is 0 Å². The molecule has 0 aliphatic rings. The second kappa shape index (κ2) is 5.66. The summed E-state index contributed by atoms with van der Waals surface area (Å²) in [4.78, 5) is 16.6. The van der Waals surface area contributed by atoms with Crippen molar-refractivity contribution in [3.05, 3.63) is 70.3 Å². The minimum absolute atomic E-state index is 0.128. The van der Waals surface area contributed by atoms with Gasteiger partial charge in [0.2, 0.25) is 0 Å². The second-order valence-corrected chi connectivity index (χ2v) is 5.68. The molecule has 3 rings (SSSR count). The van der Waals surface area contributed by atoms with Crippen molar-refractivity contribution in [2.45, 2.75) is 6.92 Å². The highest BCUT2D eigenvalue weighted by atomic mass is 79.9. The van der Waals surface area contributed by atoms with E-state index >= 15 is 0 Å². The lowest BCUT2D eigenvalue weighted by Gasteiger charge is -2.07. The van der Waals surface area contributed by atoms with E-state index in [2.05, 4.69) is 26.2 Å². The van der Waals surface area contributed by atoms with Crippen molar-refractivity contribution >= 4 is 38.4 Å². The predicted molar refractivity (Wildman–Crippen MR) is 88.6 cm³/mol. The first-order valence-electron chi connectivity index (χ1n) is 6.56. The van der Waals surface area contributed by atoms with Gasteiger partial charge in [0.15, 0.2) is 0 Å². The zero-order chi connectivity index (χ0) is 14.8. The molecule has 21 heavy (non-hydrogen) atoms. The molecule has 1 N–H and O–H groups in total. The number of pyridine rings is 1. The number of carbonyl (C=O) groups is 1. The number of anilines is 1. The van der Waals surface area contributed by atoms with Gasteiger partial charge in [0, 0.05) is 27.3 Å². The van der Waals surface area contributed by atoms with Gasteiger partial charge in [0.25, 0.3) is 5.91 Å². The van der Waals surface area contributed by atoms with Crippen molar-refractivity contribution in [1.29, 1.82) is 0 Å². The first-order chi connectivity index (χ1) is 10.1. The zero-order valence-corrected chi connectivity index (χ0v) is 13.0. The Bertz CT molecular complexity index is 830. The Morgan fingerprint density at radius 1 is 1.14 bits per heavy atom. The first-order valence-corrected chi connectivity index (χ1v) is 7.35. The maximum atomic E-state index is 12.3. The number of aromatic nitrogens is 1. The number of fused-ring (bicyclic) bond motifs is 1. The fourth-order valence-electron chi connectivity index (χ4n) is 2.09. The topological polar surface area (TPSA) is 42.0 Å². The van der Waals surface area contributed by atoms with Crippen LogP contribution in [-0.2, 0) is 0 Å². The van der Waals surface area contributed by atoms with E-state index < -0.39 is 0 Å². The number of hydrogen-bond acceptors (Lipinski definition) is 2. The monoisotopic (exact) mass is 340 g/mol. The van der Waals surface area contributed by atoms with Crippen LogP contribution in [0.1, 0.15) is 15.9 Å². The minimum atomic E-state index is -0.128. The molecule has 3 aromatic rings. The van der Waals surface area contributed by atoms with Crippen LogP contribution in [0.4, 0.5) is 5.69 Å². The normalized spacial score (nSPS) is 10.6. The summed E-state index contributed by atoms with van der Waals surface area (Å²) in [6, 6.07) is 15.0. The van der Waals surface area contributed by atoms with Crippen molar-refractivity contribution < 1.29 is 4.79 Å². The number of carbonyl (C=O) groups excluding carboxylic acids is 1. The van der Waals surface area contributed by atoms with Crippen molar-refractivity contribution in [2.75, 3.05) is 5.32 Å². The molecule has 1 aromatic heterocycles. The van der Waals surface area contributed by atoms with Gasteiger partial charge < -0.3 is 5.32 Å². The van der Waals surface area contributed by atoms with E-state index in [0.717, 1.165) is 26.6 Å². The fourth-order valence-corrected chi connectivity index (χ4v) is 2.47. The third kappa shape index (κ3) is 2.95. The molecular weight excluding hydrogens is 328 g/mol. The molecule has 1 amide bonds. The average Bonchev–Trinajstić information content (AvgIpc) is 2.50. The van der Waals surface area contributed by atoms with Gasteiger partial charge in [-0.05, 0) is 48.9 Å². The van der Waals surface area contributed by atoms with Crippen LogP contribution < -0.4 is 5.32 Å². The fraction of sp³-hybridized carbons (Fsp3) is 0.0588. The van der Waals surface area contributed by atoms with Crippen molar-refractivity contribution in [3.63, 3.8) is 0 Å². The lowest BCUT2D eigenvalue weighted by Crippen LogP contribution is -2.11. The van der Waals surface area contributed by atoms with E-state index in [-0.39, 0.29) is 5.91 Å². The minimum Gasteiger partial charge on any atom is -0.322 e. The van der Waals surface area contributed by atoms with Gasteiger partial charge in [-0.15, -0.1) is 0 Å². The van der Waals surface area contributed by atoms with Crippen LogP contribution in [0.15, 0.2) is 59.2 Å². The molecule has 0 spiro atoms. The molecule has 0 saturated heterocycles. The average molecular weight is 341 g/mol. The van der Waals surface area contributed by atoms with Crippen LogP contribution in [0.25, 0.3) is 10.9 Å². The molecule has 4 heteroatoms. The van der Waals surface area contributed by atoms with Crippen molar-refractivity contribution in [1.82, 2.24) is 4.98 Å². The first kappa shape index (κ1) is 13.8. The highest BCUT2D eigenvalue weighted by Gasteiger charge is 2.08. The molecule has 0 bridgehead atoms. The SMILES string of the molecule is Cc1ccc(NC(=O)c2ccc3ncccc3c2)cc1Br. The number of amides is 1. The highest BCUT2D eigenvalue weighted by molar-refractivity contribution is 9.10. The van der Waals surface area contributed by atoms with Gasteiger partial charge in [0.1, 0.15) is 0 Å². The van der Waals surface area contributed by atoms with Gasteiger partial charge in [-0.2, -0.15) is 0 Å². The van der Waals surface area contributed by atoms with Gasteiger partial charge in [-0.1, -0.05) is 28.1 Å². The van der Waals surface area contributed by atoms with Crippen molar-refractivity contribution in [2.24, 2.45) is 0 Å². The number of hydrogen-bond donors (Lipinski definition) is 1. The zero-order valence-electron chi connectivity index (χ0n) is 11.4. The maximum absolute atomic E-state index is 12.3. The Hall–Kier alpha value is -2.20. The van der Waals surface area contributed by atoms with E-state index in [4.69, 9.17) is 0 Å². The number of rotatable bonds is 2. The number of aryl methyl sites for hydroxylation is 1. The Kier molecular flexibility index (Phi) is 3.71. The van der Waals surface area contributed by atoms with Gasteiger partial charge >= 0.3 is 0 Å². The summed E-state index contributed by atoms with van der Waals surface area (Å²) in [5.74, 6) is -0.128. The third-order valence-electron chi connectivity index (χ3n) is 3.29. The molecule has 2 aromatic carbocycles. The number of nitrogens with one attached hydrogen (secondary N) is 1. The summed E-state index contributed by atoms with van der Waals surface area (Å²) in [5.41, 5.74) is 3.40. The maximum Gasteiger partial charge on any atom is 0.255 e. The number of benzene rings is 2. The Morgan fingerprint density at radius 3 is 2.81 bits per heavy atom. The molecule has 0 atom stereocenters. The molecule has 0 aliphatic heterocycles. The third-order valence-corrected chi connectivity index (χ3v) is 4.15. The molecule has 0 saturated carbocycles. The Morgan fingerprint density at radius 2 is 2.00 bits per heavy atom. The smallest absolute Gasteiger partial charge is 0.255 e. The number of nitrogens with zero attached hydrogens (tertiary/aromatic N) is 1. The molecule has 0 aliphatic carbocycles. The van der Waals surface area contributed by atoms with Crippen molar-refractivity contribution in [3.8, 4) is 0 Å². The summed E-state index contributed by atoms with van der Waals surface area (Å²) in [6.45, 7) is 2.01. The molecule has 0 radical (unpaired) electrons. The largest absolute Gasteiger partial charge is 0.322 e. The lowest BCUT2D eigenvalue weighted by molar-refractivity contribution is 0.102.